The zero-order valence-corrected chi connectivity index (χ0v) is 15.6. The molecule has 3 rings (SSSR count). The summed E-state index contributed by atoms with van der Waals surface area (Å²) in [4.78, 5) is 33.0. The summed E-state index contributed by atoms with van der Waals surface area (Å²) in [7, 11) is 2.88. The zero-order valence-electron chi connectivity index (χ0n) is 15.6. The molecule has 0 unspecified atom stereocenters. The number of hydrogen-bond donors (Lipinski definition) is 1. The van der Waals surface area contributed by atoms with E-state index in [-0.39, 0.29) is 29.2 Å². The van der Waals surface area contributed by atoms with Crippen LogP contribution in [0.1, 0.15) is 12.8 Å². The van der Waals surface area contributed by atoms with E-state index in [1.54, 1.807) is 29.2 Å². The van der Waals surface area contributed by atoms with E-state index in [0.717, 1.165) is 0 Å². The smallest absolute Gasteiger partial charge is 0.353 e. The molecule has 1 saturated heterocycles. The van der Waals surface area contributed by atoms with E-state index in [1.807, 2.05) is 0 Å². The van der Waals surface area contributed by atoms with Gasteiger partial charge in [0, 0.05) is 13.1 Å². The standard InChI is InChI=1S/C18H21N5O5/c1-27-14-6-4-3-5-13(14)21-16-15(23(25)26)17(20-11-19-16)22-9-7-12(8-10-22)18(24)28-2/h3-6,11-12H,7-10H2,1-2H3,(H,19,20,21). The molecule has 1 N–H and O–H groups in total. The van der Waals surface area contributed by atoms with Crippen LogP contribution >= 0.6 is 0 Å². The summed E-state index contributed by atoms with van der Waals surface area (Å²) < 4.78 is 10.1. The number of aromatic nitrogens is 2. The number of nitrogens with zero attached hydrogens (tertiary/aromatic N) is 4. The van der Waals surface area contributed by atoms with Gasteiger partial charge >= 0.3 is 11.7 Å². The van der Waals surface area contributed by atoms with Crippen LogP contribution in [0.15, 0.2) is 30.6 Å². The highest BCUT2D eigenvalue weighted by atomic mass is 16.6. The van der Waals surface area contributed by atoms with Crippen molar-refractivity contribution in [2.24, 2.45) is 5.92 Å². The van der Waals surface area contributed by atoms with Gasteiger partial charge in [-0.3, -0.25) is 14.9 Å². The van der Waals surface area contributed by atoms with E-state index in [4.69, 9.17) is 9.47 Å². The van der Waals surface area contributed by atoms with E-state index in [1.165, 1.54) is 20.5 Å². The number of benzene rings is 1. The Balaban J connectivity index is 1.88. The van der Waals surface area contributed by atoms with Crippen molar-refractivity contribution in [3.05, 3.63) is 40.7 Å². The van der Waals surface area contributed by atoms with Crippen LogP contribution in [0.4, 0.5) is 23.0 Å². The summed E-state index contributed by atoms with van der Waals surface area (Å²) in [5, 5.41) is 14.8. The predicted molar refractivity (Wildman–Crippen MR) is 102 cm³/mol. The molecule has 0 saturated carbocycles. The lowest BCUT2D eigenvalue weighted by Crippen LogP contribution is -2.37. The first kappa shape index (κ1) is 19.3. The fourth-order valence-electron chi connectivity index (χ4n) is 3.23. The van der Waals surface area contributed by atoms with Crippen molar-refractivity contribution < 1.29 is 19.2 Å². The maximum Gasteiger partial charge on any atom is 0.353 e. The van der Waals surface area contributed by atoms with Gasteiger partial charge in [0.2, 0.25) is 11.6 Å². The quantitative estimate of drug-likeness (QED) is 0.453. The highest BCUT2D eigenvalue weighted by Crippen LogP contribution is 2.37. The number of ether oxygens (including phenoxy) is 2. The summed E-state index contributed by atoms with van der Waals surface area (Å²) >= 11 is 0. The van der Waals surface area contributed by atoms with Crippen molar-refractivity contribution in [2.75, 3.05) is 37.5 Å². The molecule has 10 heteroatoms. The van der Waals surface area contributed by atoms with Gasteiger partial charge in [0.15, 0.2) is 0 Å². The number of nitrogens with one attached hydrogen (secondary N) is 1. The third-order valence-electron chi connectivity index (χ3n) is 4.67. The minimum Gasteiger partial charge on any atom is -0.495 e. The monoisotopic (exact) mass is 387 g/mol. The van der Waals surface area contributed by atoms with E-state index in [0.29, 0.717) is 37.4 Å². The highest BCUT2D eigenvalue weighted by Gasteiger charge is 2.32. The second kappa shape index (κ2) is 8.51. The summed E-state index contributed by atoms with van der Waals surface area (Å²) in [6.07, 6.45) is 2.37. The Labute approximate surface area is 161 Å². The second-order valence-corrected chi connectivity index (χ2v) is 6.26. The van der Waals surface area contributed by atoms with Crippen molar-refractivity contribution >= 4 is 29.0 Å². The van der Waals surface area contributed by atoms with Gasteiger partial charge in [-0.05, 0) is 25.0 Å². The zero-order chi connectivity index (χ0) is 20.1. The maximum atomic E-state index is 11.8. The molecule has 0 aliphatic carbocycles. The molecule has 1 fully saturated rings. The van der Waals surface area contributed by atoms with Crippen LogP contribution in [0.5, 0.6) is 5.75 Å². The first-order chi connectivity index (χ1) is 13.5. The highest BCUT2D eigenvalue weighted by molar-refractivity contribution is 5.77. The number of methoxy groups -OCH3 is 2. The fourth-order valence-corrected chi connectivity index (χ4v) is 3.23. The maximum absolute atomic E-state index is 11.8. The largest absolute Gasteiger partial charge is 0.495 e. The van der Waals surface area contributed by atoms with Gasteiger partial charge < -0.3 is 19.7 Å². The number of carbonyl (C=O) groups excluding carboxylic acids is 1. The van der Waals surface area contributed by atoms with Crippen molar-refractivity contribution in [1.29, 1.82) is 0 Å². The van der Waals surface area contributed by atoms with Crippen molar-refractivity contribution in [2.45, 2.75) is 12.8 Å². The van der Waals surface area contributed by atoms with Gasteiger partial charge in [-0.1, -0.05) is 12.1 Å². The molecule has 1 aromatic carbocycles. The molecular weight excluding hydrogens is 366 g/mol. The van der Waals surface area contributed by atoms with Gasteiger partial charge in [0.05, 0.1) is 30.7 Å². The number of esters is 1. The van der Waals surface area contributed by atoms with E-state index in [2.05, 4.69) is 15.3 Å². The van der Waals surface area contributed by atoms with Gasteiger partial charge in [-0.15, -0.1) is 0 Å². The lowest BCUT2D eigenvalue weighted by Gasteiger charge is -2.31. The molecule has 0 spiro atoms. The third-order valence-corrected chi connectivity index (χ3v) is 4.67. The number of piperidine rings is 1. The minimum atomic E-state index is -0.501. The number of anilines is 3. The van der Waals surface area contributed by atoms with Crippen LogP contribution in [0.2, 0.25) is 0 Å². The van der Waals surface area contributed by atoms with E-state index >= 15 is 0 Å². The van der Waals surface area contributed by atoms with Crippen molar-refractivity contribution in [3.8, 4) is 5.75 Å². The van der Waals surface area contributed by atoms with Crippen LogP contribution in [0.25, 0.3) is 0 Å². The SMILES string of the molecule is COC(=O)C1CCN(c2ncnc(Nc3ccccc3OC)c2[N+](=O)[O-])CC1. The molecule has 0 bridgehead atoms. The molecule has 148 valence electrons. The Morgan fingerprint density at radius 1 is 1.25 bits per heavy atom. The molecule has 0 atom stereocenters. The number of hydrogen-bond acceptors (Lipinski definition) is 9. The van der Waals surface area contributed by atoms with E-state index in [9.17, 15) is 14.9 Å². The van der Waals surface area contributed by atoms with Gasteiger partial charge in [0.25, 0.3) is 0 Å². The summed E-state index contributed by atoms with van der Waals surface area (Å²) in [6.45, 7) is 0.928. The number of para-hydroxylation sites is 2. The number of carbonyl (C=O) groups is 1. The Bertz CT molecular complexity index is 867. The van der Waals surface area contributed by atoms with Gasteiger partial charge in [-0.2, -0.15) is 0 Å². The summed E-state index contributed by atoms with van der Waals surface area (Å²) in [6, 6.07) is 7.08. The topological polar surface area (TPSA) is 120 Å². The molecule has 2 heterocycles. The first-order valence-electron chi connectivity index (χ1n) is 8.77. The van der Waals surface area contributed by atoms with Gasteiger partial charge in [-0.25, -0.2) is 9.97 Å². The predicted octanol–water partition coefficient (Wildman–Crippen LogP) is 2.53. The molecular formula is C18H21N5O5. The van der Waals surface area contributed by atoms with E-state index < -0.39 is 4.92 Å². The fraction of sp³-hybridized carbons (Fsp3) is 0.389. The average Bonchev–Trinajstić information content (AvgIpc) is 2.73. The second-order valence-electron chi connectivity index (χ2n) is 6.26. The summed E-state index contributed by atoms with van der Waals surface area (Å²) in [5.41, 5.74) is 0.340. The molecule has 28 heavy (non-hydrogen) atoms. The normalized spacial score (nSPS) is 14.4. The minimum absolute atomic E-state index is 0.0783. The molecule has 1 aromatic heterocycles. The molecule has 1 aliphatic rings. The van der Waals surface area contributed by atoms with Crippen molar-refractivity contribution in [1.82, 2.24) is 9.97 Å². The Kier molecular flexibility index (Phi) is 5.87. The first-order valence-corrected chi connectivity index (χ1v) is 8.77. The van der Waals surface area contributed by atoms with Crippen molar-refractivity contribution in [3.63, 3.8) is 0 Å². The Morgan fingerprint density at radius 3 is 2.61 bits per heavy atom. The number of rotatable bonds is 6. The Hall–Kier alpha value is -3.43. The third kappa shape index (κ3) is 3.95. The van der Waals surface area contributed by atoms with Crippen LogP contribution < -0.4 is 15.0 Å². The van der Waals surface area contributed by atoms with Crippen LogP contribution in [0.3, 0.4) is 0 Å². The van der Waals surface area contributed by atoms with Crippen LogP contribution in [-0.2, 0) is 9.53 Å². The van der Waals surface area contributed by atoms with Crippen LogP contribution in [0, 0.1) is 16.0 Å². The molecule has 1 aliphatic heterocycles. The lowest BCUT2D eigenvalue weighted by molar-refractivity contribution is -0.383. The Morgan fingerprint density at radius 2 is 1.96 bits per heavy atom. The molecule has 10 nitrogen and oxygen atoms in total. The molecule has 0 amide bonds. The summed E-state index contributed by atoms with van der Waals surface area (Å²) in [5.74, 6) is 0.384. The number of nitro groups is 1. The molecule has 0 radical (unpaired) electrons. The van der Waals surface area contributed by atoms with Crippen LogP contribution in [-0.4, -0.2) is 48.2 Å². The van der Waals surface area contributed by atoms with Gasteiger partial charge in [0.1, 0.15) is 12.1 Å². The lowest BCUT2D eigenvalue weighted by atomic mass is 9.97. The average molecular weight is 387 g/mol. The molecule has 2 aromatic rings.